The molecule has 4 heteroatoms. The molecule has 1 aliphatic heterocycles. The van der Waals surface area contributed by atoms with Gasteiger partial charge in [0.1, 0.15) is 0 Å². The van der Waals surface area contributed by atoms with E-state index in [2.05, 4.69) is 17.2 Å². The molecule has 0 aromatic rings. The second kappa shape index (κ2) is 3.56. The fourth-order valence-electron chi connectivity index (χ4n) is 2.02. The summed E-state index contributed by atoms with van der Waals surface area (Å²) >= 11 is 0. The maximum absolute atomic E-state index is 7.96. The number of hydrogen-bond acceptors (Lipinski definition) is 4. The van der Waals surface area contributed by atoms with E-state index in [1.165, 1.54) is 0 Å². The molecule has 4 nitrogen and oxygen atoms in total. The van der Waals surface area contributed by atoms with Crippen LogP contribution in [-0.2, 0) is 0 Å². The first-order valence-corrected chi connectivity index (χ1v) is 5.51. The molecule has 0 saturated heterocycles. The van der Waals surface area contributed by atoms with Crippen molar-refractivity contribution in [2.45, 2.75) is 39.8 Å². The van der Waals surface area contributed by atoms with E-state index in [0.717, 1.165) is 28.3 Å². The lowest BCUT2D eigenvalue weighted by atomic mass is 9.88. The van der Waals surface area contributed by atoms with Crippen LogP contribution in [0, 0.1) is 5.41 Å². The molecule has 2 unspecified atom stereocenters. The number of aliphatic imine (C=N–C) groups is 1. The largest absolute Gasteiger partial charge is 0.376 e. The van der Waals surface area contributed by atoms with Crippen LogP contribution in [0.1, 0.15) is 27.7 Å². The van der Waals surface area contributed by atoms with E-state index in [0.29, 0.717) is 5.71 Å². The Balaban J connectivity index is 2.63. The molecule has 0 aromatic heterocycles. The van der Waals surface area contributed by atoms with Crippen molar-refractivity contribution < 1.29 is 0 Å². The summed E-state index contributed by atoms with van der Waals surface area (Å²) in [6, 6.07) is -0.0620. The molecular weight excluding hydrogens is 200 g/mol. The lowest BCUT2D eigenvalue weighted by molar-refractivity contribution is 0.711. The molecular formula is C12H18N4. The monoisotopic (exact) mass is 218 g/mol. The third-order valence-electron chi connectivity index (χ3n) is 3.44. The van der Waals surface area contributed by atoms with Crippen LogP contribution in [0.2, 0.25) is 0 Å². The zero-order valence-corrected chi connectivity index (χ0v) is 10.2. The first-order valence-electron chi connectivity index (χ1n) is 5.51. The van der Waals surface area contributed by atoms with Crippen molar-refractivity contribution in [1.29, 1.82) is 5.41 Å². The van der Waals surface area contributed by atoms with Gasteiger partial charge in [-0.05, 0) is 38.8 Å². The minimum Gasteiger partial charge on any atom is -0.376 e. The van der Waals surface area contributed by atoms with Gasteiger partial charge in [0.05, 0.1) is 29.2 Å². The van der Waals surface area contributed by atoms with Crippen LogP contribution in [0.15, 0.2) is 27.5 Å². The van der Waals surface area contributed by atoms with Crippen LogP contribution >= 0.6 is 0 Å². The van der Waals surface area contributed by atoms with E-state index in [1.807, 2.05) is 20.8 Å². The summed E-state index contributed by atoms with van der Waals surface area (Å²) in [6.07, 6.45) is 0. The molecule has 2 aliphatic rings. The minimum atomic E-state index is -0.299. The molecule has 2 rings (SSSR count). The van der Waals surface area contributed by atoms with E-state index < -0.39 is 0 Å². The van der Waals surface area contributed by atoms with Gasteiger partial charge in [0.25, 0.3) is 0 Å². The number of nitrogens with zero attached hydrogens (tertiary/aromatic N) is 1. The second-order valence-electron chi connectivity index (χ2n) is 4.54. The van der Waals surface area contributed by atoms with Crippen LogP contribution < -0.4 is 11.1 Å². The summed E-state index contributed by atoms with van der Waals surface area (Å²) in [5.41, 5.74) is 11.3. The van der Waals surface area contributed by atoms with Gasteiger partial charge in [0.15, 0.2) is 0 Å². The number of rotatable bonds is 0. The van der Waals surface area contributed by atoms with E-state index in [1.54, 1.807) is 0 Å². The third-order valence-corrected chi connectivity index (χ3v) is 3.44. The molecule has 0 spiro atoms. The number of nitrogens with two attached hydrogens (primary N) is 1. The Kier molecular flexibility index (Phi) is 2.46. The van der Waals surface area contributed by atoms with Crippen LogP contribution in [-0.4, -0.2) is 23.5 Å². The summed E-state index contributed by atoms with van der Waals surface area (Å²) in [6.45, 7) is 7.97. The van der Waals surface area contributed by atoms with Crippen molar-refractivity contribution in [3.05, 3.63) is 22.5 Å². The van der Waals surface area contributed by atoms with E-state index >= 15 is 0 Å². The number of fused-ring (bicyclic) bond motifs is 1. The van der Waals surface area contributed by atoms with Gasteiger partial charge in [-0.25, -0.2) is 0 Å². The van der Waals surface area contributed by atoms with Crippen molar-refractivity contribution in [3.8, 4) is 0 Å². The van der Waals surface area contributed by atoms with Gasteiger partial charge in [0, 0.05) is 5.71 Å². The van der Waals surface area contributed by atoms with E-state index in [4.69, 9.17) is 11.1 Å². The quantitative estimate of drug-likeness (QED) is 0.574. The first kappa shape index (κ1) is 11.1. The Hall–Kier alpha value is -1.42. The van der Waals surface area contributed by atoms with E-state index in [9.17, 15) is 0 Å². The van der Waals surface area contributed by atoms with E-state index in [-0.39, 0.29) is 12.1 Å². The third kappa shape index (κ3) is 1.41. The van der Waals surface area contributed by atoms with Gasteiger partial charge in [0.2, 0.25) is 0 Å². The summed E-state index contributed by atoms with van der Waals surface area (Å²) in [5.74, 6) is 0. The first-order chi connectivity index (χ1) is 7.43. The lowest BCUT2D eigenvalue weighted by Gasteiger charge is -2.33. The molecule has 0 radical (unpaired) electrons. The molecule has 0 aromatic carbocycles. The smallest absolute Gasteiger partial charge is 0.0909 e. The van der Waals surface area contributed by atoms with Crippen LogP contribution in [0.5, 0.6) is 0 Å². The van der Waals surface area contributed by atoms with Gasteiger partial charge in [-0.15, -0.1) is 0 Å². The van der Waals surface area contributed by atoms with Crippen molar-refractivity contribution in [2.75, 3.05) is 0 Å². The fourth-order valence-corrected chi connectivity index (χ4v) is 2.02. The van der Waals surface area contributed by atoms with Gasteiger partial charge in [-0.3, -0.25) is 4.99 Å². The predicted octanol–water partition coefficient (Wildman–Crippen LogP) is 1.35. The summed E-state index contributed by atoms with van der Waals surface area (Å²) < 4.78 is 0. The molecule has 1 heterocycles. The maximum Gasteiger partial charge on any atom is 0.0909 e. The Labute approximate surface area is 95.8 Å². The predicted molar refractivity (Wildman–Crippen MR) is 66.8 cm³/mol. The highest BCUT2D eigenvalue weighted by Gasteiger charge is 2.30. The van der Waals surface area contributed by atoms with Gasteiger partial charge in [-0.1, -0.05) is 0 Å². The lowest BCUT2D eigenvalue weighted by Crippen LogP contribution is -2.44. The normalized spacial score (nSPS) is 30.1. The minimum absolute atomic E-state index is 0.237. The van der Waals surface area contributed by atoms with Gasteiger partial charge < -0.3 is 16.5 Å². The maximum atomic E-state index is 7.96. The van der Waals surface area contributed by atoms with Crippen molar-refractivity contribution in [2.24, 2.45) is 10.7 Å². The summed E-state index contributed by atoms with van der Waals surface area (Å²) in [7, 11) is 0. The second-order valence-corrected chi connectivity index (χ2v) is 4.54. The molecule has 2 atom stereocenters. The topological polar surface area (TPSA) is 74.3 Å². The van der Waals surface area contributed by atoms with Crippen molar-refractivity contribution in [1.82, 2.24) is 5.32 Å². The zero-order valence-electron chi connectivity index (χ0n) is 10.2. The fraction of sp³-hybridized carbons (Fsp3) is 0.500. The Bertz CT molecular complexity index is 454. The Morgan fingerprint density at radius 2 is 1.94 bits per heavy atom. The summed E-state index contributed by atoms with van der Waals surface area (Å²) in [4.78, 5) is 4.58. The van der Waals surface area contributed by atoms with Crippen LogP contribution in [0.25, 0.3) is 0 Å². The average molecular weight is 218 g/mol. The van der Waals surface area contributed by atoms with Crippen LogP contribution in [0.3, 0.4) is 0 Å². The molecule has 0 bridgehead atoms. The highest BCUT2D eigenvalue weighted by Crippen LogP contribution is 2.29. The number of hydrogen-bond donors (Lipinski definition) is 3. The molecule has 0 saturated carbocycles. The van der Waals surface area contributed by atoms with Crippen molar-refractivity contribution in [3.63, 3.8) is 0 Å². The number of nitrogens with one attached hydrogen (secondary N) is 2. The SMILES string of the molecule is CC1=NC2=C(C)C(=N)C(N)C(C)=C2NC1C. The molecule has 86 valence electrons. The molecule has 16 heavy (non-hydrogen) atoms. The average Bonchev–Trinajstić information content (AvgIpc) is 2.26. The Morgan fingerprint density at radius 3 is 2.56 bits per heavy atom. The zero-order chi connectivity index (χ0) is 12.0. The molecule has 0 amide bonds. The standard InChI is InChI=1S/C12H18N4/c1-5-9(13)10(14)6(2)12-11(5)15-7(3)8(4)16-12/h7,9,14-15H,13H2,1-4H3. The highest BCUT2D eigenvalue weighted by molar-refractivity contribution is 6.06. The Morgan fingerprint density at radius 1 is 1.31 bits per heavy atom. The van der Waals surface area contributed by atoms with Crippen molar-refractivity contribution >= 4 is 11.4 Å². The van der Waals surface area contributed by atoms with Gasteiger partial charge >= 0.3 is 0 Å². The van der Waals surface area contributed by atoms with Gasteiger partial charge in [-0.2, -0.15) is 0 Å². The summed E-state index contributed by atoms with van der Waals surface area (Å²) in [5, 5.41) is 11.4. The van der Waals surface area contributed by atoms with Crippen LogP contribution in [0.4, 0.5) is 0 Å². The molecule has 1 aliphatic carbocycles. The molecule has 0 fully saturated rings. The highest BCUT2D eigenvalue weighted by atomic mass is 15.0. The molecule has 4 N–H and O–H groups in total.